The Morgan fingerprint density at radius 2 is 2.21 bits per heavy atom. The molecule has 0 radical (unpaired) electrons. The Kier molecular flexibility index (Phi) is 4.05. The molecular formula is C10H14N4O3S2. The number of thiophene rings is 1. The van der Waals surface area contributed by atoms with Crippen LogP contribution >= 0.6 is 11.3 Å². The third-order valence-electron chi connectivity index (χ3n) is 2.22. The molecule has 2 rings (SSSR count). The minimum Gasteiger partial charge on any atom is -0.463 e. The van der Waals surface area contributed by atoms with Gasteiger partial charge in [0.25, 0.3) is 10.0 Å². The van der Waals surface area contributed by atoms with Crippen LogP contribution in [0.1, 0.15) is 18.7 Å². The number of aryl methyl sites for hydroxylation is 1. The average molecular weight is 302 g/mol. The summed E-state index contributed by atoms with van der Waals surface area (Å²) in [7, 11) is -3.62. The van der Waals surface area contributed by atoms with Crippen molar-refractivity contribution in [2.24, 2.45) is 0 Å². The lowest BCUT2D eigenvalue weighted by Gasteiger charge is -2.01. The smallest absolute Gasteiger partial charge is 0.337 e. The number of anilines is 1. The van der Waals surface area contributed by atoms with Crippen molar-refractivity contribution >= 4 is 27.3 Å². The SMILES string of the molecule is CCOc1n[nH]c(NS(=O)(=O)c2ccc(CC)s2)n1. The fourth-order valence-electron chi connectivity index (χ4n) is 1.36. The zero-order valence-corrected chi connectivity index (χ0v) is 12.1. The van der Waals surface area contributed by atoms with Crippen molar-refractivity contribution in [3.63, 3.8) is 0 Å². The molecule has 2 N–H and O–H groups in total. The zero-order chi connectivity index (χ0) is 13.9. The molecule has 0 saturated heterocycles. The molecule has 0 spiro atoms. The molecule has 104 valence electrons. The predicted octanol–water partition coefficient (Wildman–Crippen LogP) is 1.63. The first kappa shape index (κ1) is 13.8. The third kappa shape index (κ3) is 3.24. The van der Waals surface area contributed by atoms with E-state index in [-0.39, 0.29) is 16.2 Å². The van der Waals surface area contributed by atoms with Crippen molar-refractivity contribution in [2.75, 3.05) is 11.3 Å². The van der Waals surface area contributed by atoms with Crippen molar-refractivity contribution in [3.8, 4) is 6.01 Å². The molecule has 0 amide bonds. The highest BCUT2D eigenvalue weighted by molar-refractivity contribution is 7.94. The van der Waals surface area contributed by atoms with Crippen LogP contribution in [0.2, 0.25) is 0 Å². The van der Waals surface area contributed by atoms with E-state index in [1.165, 1.54) is 11.3 Å². The summed E-state index contributed by atoms with van der Waals surface area (Å²) in [6.07, 6.45) is 0.803. The number of sulfonamides is 1. The van der Waals surface area contributed by atoms with Gasteiger partial charge in [-0.2, -0.15) is 4.98 Å². The fraction of sp³-hybridized carbons (Fsp3) is 0.400. The highest BCUT2D eigenvalue weighted by Crippen LogP contribution is 2.23. The highest BCUT2D eigenvalue weighted by atomic mass is 32.2. The Morgan fingerprint density at radius 1 is 1.42 bits per heavy atom. The monoisotopic (exact) mass is 302 g/mol. The van der Waals surface area contributed by atoms with E-state index in [0.29, 0.717) is 6.61 Å². The van der Waals surface area contributed by atoms with Crippen LogP contribution in [0.15, 0.2) is 16.3 Å². The van der Waals surface area contributed by atoms with Crippen LogP contribution in [0.3, 0.4) is 0 Å². The first-order chi connectivity index (χ1) is 9.05. The second-order valence-electron chi connectivity index (χ2n) is 3.58. The van der Waals surface area contributed by atoms with E-state index in [1.807, 2.05) is 6.92 Å². The second-order valence-corrected chi connectivity index (χ2v) is 6.66. The van der Waals surface area contributed by atoms with E-state index >= 15 is 0 Å². The summed E-state index contributed by atoms with van der Waals surface area (Å²) in [4.78, 5) is 4.87. The molecule has 9 heteroatoms. The summed E-state index contributed by atoms with van der Waals surface area (Å²) in [5.74, 6) is 0.0369. The Balaban J connectivity index is 2.15. The van der Waals surface area contributed by atoms with Gasteiger partial charge in [0.2, 0.25) is 5.95 Å². The van der Waals surface area contributed by atoms with Crippen molar-refractivity contribution in [1.29, 1.82) is 0 Å². The predicted molar refractivity (Wildman–Crippen MR) is 72.1 cm³/mol. The van der Waals surface area contributed by atoms with Crippen LogP contribution in [0.5, 0.6) is 6.01 Å². The standard InChI is InChI=1S/C10H14N4O3S2/c1-3-7-5-6-8(18-7)19(15,16)14-9-11-10(13-12-9)17-4-2/h5-6H,3-4H2,1-2H3,(H2,11,12,13,14). The van der Waals surface area contributed by atoms with Crippen LogP contribution in [0, 0.1) is 0 Å². The van der Waals surface area contributed by atoms with Gasteiger partial charge < -0.3 is 4.74 Å². The molecular weight excluding hydrogens is 288 g/mol. The van der Waals surface area contributed by atoms with E-state index in [0.717, 1.165) is 11.3 Å². The number of hydrogen-bond donors (Lipinski definition) is 2. The molecule has 0 saturated carbocycles. The first-order valence-electron chi connectivity index (χ1n) is 5.72. The molecule has 0 fully saturated rings. The van der Waals surface area contributed by atoms with E-state index in [2.05, 4.69) is 19.9 Å². The van der Waals surface area contributed by atoms with Gasteiger partial charge in [-0.25, -0.2) is 18.2 Å². The molecule has 0 aliphatic carbocycles. The maximum absolute atomic E-state index is 12.1. The summed E-state index contributed by atoms with van der Waals surface area (Å²) in [6, 6.07) is 3.48. The summed E-state index contributed by atoms with van der Waals surface area (Å²) >= 11 is 1.23. The highest BCUT2D eigenvalue weighted by Gasteiger charge is 2.18. The van der Waals surface area contributed by atoms with Crippen molar-refractivity contribution in [3.05, 3.63) is 17.0 Å². The first-order valence-corrected chi connectivity index (χ1v) is 8.02. The van der Waals surface area contributed by atoms with Crippen molar-refractivity contribution in [1.82, 2.24) is 15.2 Å². The lowest BCUT2D eigenvalue weighted by atomic mass is 10.4. The number of aromatic amines is 1. The number of nitrogens with one attached hydrogen (secondary N) is 2. The maximum atomic E-state index is 12.1. The van der Waals surface area contributed by atoms with Gasteiger partial charge in [-0.15, -0.1) is 16.4 Å². The summed E-state index contributed by atoms with van der Waals surface area (Å²) in [5.41, 5.74) is 0. The van der Waals surface area contributed by atoms with Gasteiger partial charge in [0.15, 0.2) is 0 Å². The number of ether oxygens (including phenoxy) is 1. The van der Waals surface area contributed by atoms with Gasteiger partial charge >= 0.3 is 6.01 Å². The Morgan fingerprint density at radius 3 is 2.84 bits per heavy atom. The molecule has 0 aliphatic rings. The zero-order valence-electron chi connectivity index (χ0n) is 10.5. The minimum absolute atomic E-state index is 0.0369. The Bertz CT molecular complexity index is 647. The Labute approximate surface area is 115 Å². The summed E-state index contributed by atoms with van der Waals surface area (Å²) in [5, 5.41) is 6.19. The van der Waals surface area contributed by atoms with Gasteiger partial charge in [-0.05, 0) is 25.5 Å². The molecule has 0 aliphatic heterocycles. The topological polar surface area (TPSA) is 97.0 Å². The van der Waals surface area contributed by atoms with Crippen LogP contribution in [0.4, 0.5) is 5.95 Å². The number of rotatable bonds is 6. The summed E-state index contributed by atoms with van der Waals surface area (Å²) < 4.78 is 31.8. The van der Waals surface area contributed by atoms with Gasteiger partial charge in [-0.3, -0.25) is 0 Å². The number of H-pyrrole nitrogens is 1. The van der Waals surface area contributed by atoms with Gasteiger partial charge in [0.05, 0.1) is 6.61 Å². The number of nitrogens with zero attached hydrogens (tertiary/aromatic N) is 2. The van der Waals surface area contributed by atoms with Crippen LogP contribution < -0.4 is 9.46 Å². The van der Waals surface area contributed by atoms with Crippen LogP contribution in [-0.2, 0) is 16.4 Å². The second kappa shape index (κ2) is 5.57. The quantitative estimate of drug-likeness (QED) is 0.845. The van der Waals surface area contributed by atoms with Crippen LogP contribution in [-0.4, -0.2) is 30.2 Å². The lowest BCUT2D eigenvalue weighted by molar-refractivity contribution is 0.314. The fourth-order valence-corrected chi connectivity index (χ4v) is 3.61. The number of hydrogen-bond acceptors (Lipinski definition) is 6. The third-order valence-corrected chi connectivity index (χ3v) is 5.28. The van der Waals surface area contributed by atoms with E-state index < -0.39 is 10.0 Å². The largest absolute Gasteiger partial charge is 0.463 e. The molecule has 0 aromatic carbocycles. The normalized spacial score (nSPS) is 11.5. The molecule has 2 aromatic rings. The minimum atomic E-state index is -3.62. The molecule has 0 bridgehead atoms. The van der Waals surface area contributed by atoms with Gasteiger partial charge in [0, 0.05) is 4.88 Å². The molecule has 0 unspecified atom stereocenters. The maximum Gasteiger partial charge on any atom is 0.337 e. The van der Waals surface area contributed by atoms with Crippen molar-refractivity contribution in [2.45, 2.75) is 24.5 Å². The Hall–Kier alpha value is -1.61. The molecule has 0 atom stereocenters. The number of aromatic nitrogens is 3. The lowest BCUT2D eigenvalue weighted by Crippen LogP contribution is -2.12. The van der Waals surface area contributed by atoms with Crippen molar-refractivity contribution < 1.29 is 13.2 Å². The van der Waals surface area contributed by atoms with Crippen LogP contribution in [0.25, 0.3) is 0 Å². The molecule has 2 heterocycles. The van der Waals surface area contributed by atoms with E-state index in [1.54, 1.807) is 19.1 Å². The molecule has 19 heavy (non-hydrogen) atoms. The van der Waals surface area contributed by atoms with E-state index in [9.17, 15) is 8.42 Å². The van der Waals surface area contributed by atoms with Gasteiger partial charge in [-0.1, -0.05) is 6.92 Å². The van der Waals surface area contributed by atoms with Gasteiger partial charge in [0.1, 0.15) is 4.21 Å². The molecule has 2 aromatic heterocycles. The van der Waals surface area contributed by atoms with E-state index in [4.69, 9.17) is 4.74 Å². The average Bonchev–Trinajstić information content (AvgIpc) is 2.98. The molecule has 7 nitrogen and oxygen atoms in total. The summed E-state index contributed by atoms with van der Waals surface area (Å²) in [6.45, 7) is 4.17.